The SMILES string of the molecule is CNC(CCc1ccnn1C)c1sccc1OC. The third kappa shape index (κ3) is 2.73. The van der Waals surface area contributed by atoms with Gasteiger partial charge in [0.2, 0.25) is 0 Å². The first-order valence-corrected chi connectivity index (χ1v) is 6.89. The molecule has 0 aliphatic heterocycles. The quantitative estimate of drug-likeness (QED) is 0.871. The monoisotopic (exact) mass is 265 g/mol. The Kier molecular flexibility index (Phi) is 4.38. The van der Waals surface area contributed by atoms with Crippen LogP contribution >= 0.6 is 11.3 Å². The van der Waals surface area contributed by atoms with Gasteiger partial charge in [0.15, 0.2) is 0 Å². The van der Waals surface area contributed by atoms with Gasteiger partial charge in [-0.2, -0.15) is 5.10 Å². The smallest absolute Gasteiger partial charge is 0.134 e. The minimum atomic E-state index is 0.329. The molecule has 2 aromatic rings. The van der Waals surface area contributed by atoms with Gasteiger partial charge in [-0.1, -0.05) is 0 Å². The summed E-state index contributed by atoms with van der Waals surface area (Å²) < 4.78 is 7.31. The van der Waals surface area contributed by atoms with Crippen LogP contribution in [0, 0.1) is 0 Å². The molecule has 0 saturated heterocycles. The first kappa shape index (κ1) is 13.1. The van der Waals surface area contributed by atoms with Crippen molar-refractivity contribution in [3.8, 4) is 5.75 Å². The van der Waals surface area contributed by atoms with Crippen molar-refractivity contribution in [1.29, 1.82) is 0 Å². The zero-order valence-corrected chi connectivity index (χ0v) is 11.8. The zero-order chi connectivity index (χ0) is 13.0. The number of nitrogens with zero attached hydrogens (tertiary/aromatic N) is 2. The molecule has 1 atom stereocenters. The Hall–Kier alpha value is -1.33. The number of methoxy groups -OCH3 is 1. The zero-order valence-electron chi connectivity index (χ0n) is 11.0. The maximum atomic E-state index is 5.38. The van der Waals surface area contributed by atoms with E-state index in [4.69, 9.17) is 4.74 Å². The lowest BCUT2D eigenvalue weighted by Crippen LogP contribution is -2.17. The van der Waals surface area contributed by atoms with Crippen LogP contribution in [0.15, 0.2) is 23.7 Å². The van der Waals surface area contributed by atoms with Gasteiger partial charge in [-0.05, 0) is 37.4 Å². The third-order valence-corrected chi connectivity index (χ3v) is 4.17. The number of hydrogen-bond donors (Lipinski definition) is 1. The van der Waals surface area contributed by atoms with Gasteiger partial charge in [0.25, 0.3) is 0 Å². The molecule has 4 nitrogen and oxygen atoms in total. The lowest BCUT2D eigenvalue weighted by Gasteiger charge is -2.16. The molecule has 0 aliphatic rings. The number of aromatic nitrogens is 2. The lowest BCUT2D eigenvalue weighted by atomic mass is 10.1. The van der Waals surface area contributed by atoms with E-state index >= 15 is 0 Å². The fourth-order valence-electron chi connectivity index (χ4n) is 2.08. The van der Waals surface area contributed by atoms with Gasteiger partial charge in [0.1, 0.15) is 5.75 Å². The molecule has 0 aliphatic carbocycles. The van der Waals surface area contributed by atoms with Crippen LogP contribution in [0.25, 0.3) is 0 Å². The fourth-order valence-corrected chi connectivity index (χ4v) is 3.08. The standard InChI is InChI=1S/C13H19N3OS/c1-14-11(13-12(17-3)7-9-18-13)5-4-10-6-8-15-16(10)2/h6-9,11,14H,4-5H2,1-3H3. The van der Waals surface area contributed by atoms with Crippen LogP contribution in [0.2, 0.25) is 0 Å². The van der Waals surface area contributed by atoms with Crippen LogP contribution in [-0.4, -0.2) is 23.9 Å². The van der Waals surface area contributed by atoms with Crippen molar-refractivity contribution in [2.24, 2.45) is 7.05 Å². The van der Waals surface area contributed by atoms with Crippen LogP contribution in [0.3, 0.4) is 0 Å². The molecule has 0 saturated carbocycles. The molecule has 2 heterocycles. The Balaban J connectivity index is 2.04. The first-order chi connectivity index (χ1) is 8.76. The molecule has 2 rings (SSSR count). The molecule has 18 heavy (non-hydrogen) atoms. The van der Waals surface area contributed by atoms with Crippen LogP contribution < -0.4 is 10.1 Å². The number of hydrogen-bond acceptors (Lipinski definition) is 4. The summed E-state index contributed by atoms with van der Waals surface area (Å²) in [6, 6.07) is 4.42. The van der Waals surface area contributed by atoms with Crippen LogP contribution in [0.1, 0.15) is 23.0 Å². The maximum absolute atomic E-state index is 5.38. The number of thiophene rings is 1. The Morgan fingerprint density at radius 3 is 2.94 bits per heavy atom. The Morgan fingerprint density at radius 2 is 2.33 bits per heavy atom. The minimum Gasteiger partial charge on any atom is -0.496 e. The van der Waals surface area contributed by atoms with E-state index in [0.29, 0.717) is 6.04 Å². The Labute approximate surface area is 112 Å². The van der Waals surface area contributed by atoms with Gasteiger partial charge in [-0.15, -0.1) is 11.3 Å². The van der Waals surface area contributed by atoms with E-state index in [0.717, 1.165) is 18.6 Å². The van der Waals surface area contributed by atoms with E-state index in [9.17, 15) is 0 Å². The first-order valence-electron chi connectivity index (χ1n) is 6.01. The normalized spacial score (nSPS) is 12.6. The van der Waals surface area contributed by atoms with E-state index < -0.39 is 0 Å². The average molecular weight is 265 g/mol. The van der Waals surface area contributed by atoms with E-state index in [1.54, 1.807) is 18.4 Å². The highest BCUT2D eigenvalue weighted by atomic mass is 32.1. The van der Waals surface area contributed by atoms with Gasteiger partial charge in [0.05, 0.1) is 12.0 Å². The van der Waals surface area contributed by atoms with Gasteiger partial charge in [0, 0.05) is 25.0 Å². The summed E-state index contributed by atoms with van der Waals surface area (Å²) >= 11 is 1.74. The molecular weight excluding hydrogens is 246 g/mol. The second-order valence-corrected chi connectivity index (χ2v) is 5.13. The molecule has 1 N–H and O–H groups in total. The van der Waals surface area contributed by atoms with Gasteiger partial charge in [-0.25, -0.2) is 0 Å². The summed E-state index contributed by atoms with van der Waals surface area (Å²) in [6.45, 7) is 0. The molecule has 0 radical (unpaired) electrons. The maximum Gasteiger partial charge on any atom is 0.134 e. The van der Waals surface area contributed by atoms with Crippen molar-refractivity contribution < 1.29 is 4.74 Å². The highest BCUT2D eigenvalue weighted by Crippen LogP contribution is 2.32. The second kappa shape index (κ2) is 6.02. The third-order valence-electron chi connectivity index (χ3n) is 3.15. The number of ether oxygens (including phenoxy) is 1. The van der Waals surface area contributed by atoms with E-state index in [-0.39, 0.29) is 0 Å². The molecule has 0 spiro atoms. The van der Waals surface area contributed by atoms with Crippen molar-refractivity contribution >= 4 is 11.3 Å². The summed E-state index contributed by atoms with van der Waals surface area (Å²) in [7, 11) is 5.70. The summed E-state index contributed by atoms with van der Waals surface area (Å²) in [5, 5.41) is 9.62. The molecule has 5 heteroatoms. The molecule has 98 valence electrons. The predicted octanol–water partition coefficient (Wildman–Crippen LogP) is 2.38. The Bertz CT molecular complexity index is 492. The topological polar surface area (TPSA) is 39.1 Å². The van der Waals surface area contributed by atoms with E-state index in [1.165, 1.54) is 10.6 Å². The van der Waals surface area contributed by atoms with Crippen LogP contribution in [-0.2, 0) is 13.5 Å². The summed E-state index contributed by atoms with van der Waals surface area (Å²) in [5.41, 5.74) is 1.26. The largest absolute Gasteiger partial charge is 0.496 e. The highest BCUT2D eigenvalue weighted by molar-refractivity contribution is 7.10. The molecule has 2 aromatic heterocycles. The van der Waals surface area contributed by atoms with Crippen molar-refractivity contribution in [3.05, 3.63) is 34.3 Å². The molecule has 1 unspecified atom stereocenters. The van der Waals surface area contributed by atoms with Gasteiger partial charge in [-0.3, -0.25) is 4.68 Å². The van der Waals surface area contributed by atoms with Crippen molar-refractivity contribution in [1.82, 2.24) is 15.1 Å². The number of rotatable bonds is 6. The molecule has 0 bridgehead atoms. The van der Waals surface area contributed by atoms with Gasteiger partial charge >= 0.3 is 0 Å². The molecule has 0 amide bonds. The van der Waals surface area contributed by atoms with Crippen molar-refractivity contribution in [2.45, 2.75) is 18.9 Å². The number of aryl methyl sites for hydroxylation is 2. The molecular formula is C13H19N3OS. The summed E-state index contributed by atoms with van der Waals surface area (Å²) in [5.74, 6) is 0.976. The summed E-state index contributed by atoms with van der Waals surface area (Å²) in [4.78, 5) is 1.27. The van der Waals surface area contributed by atoms with Crippen molar-refractivity contribution in [2.75, 3.05) is 14.2 Å². The van der Waals surface area contributed by atoms with Crippen LogP contribution in [0.5, 0.6) is 5.75 Å². The van der Waals surface area contributed by atoms with E-state index in [1.807, 2.05) is 31.0 Å². The molecule has 0 fully saturated rings. The van der Waals surface area contributed by atoms with Crippen LogP contribution in [0.4, 0.5) is 0 Å². The minimum absolute atomic E-state index is 0.329. The average Bonchev–Trinajstić information content (AvgIpc) is 2.99. The summed E-state index contributed by atoms with van der Waals surface area (Å²) in [6.07, 6.45) is 3.88. The molecule has 0 aromatic carbocycles. The van der Waals surface area contributed by atoms with Gasteiger partial charge < -0.3 is 10.1 Å². The predicted molar refractivity (Wildman–Crippen MR) is 74.2 cm³/mol. The fraction of sp³-hybridized carbons (Fsp3) is 0.462. The Morgan fingerprint density at radius 1 is 1.50 bits per heavy atom. The number of nitrogens with one attached hydrogen (secondary N) is 1. The van der Waals surface area contributed by atoms with E-state index in [2.05, 4.69) is 21.9 Å². The lowest BCUT2D eigenvalue weighted by molar-refractivity contribution is 0.402. The van der Waals surface area contributed by atoms with Crippen molar-refractivity contribution in [3.63, 3.8) is 0 Å². The highest BCUT2D eigenvalue weighted by Gasteiger charge is 2.16. The second-order valence-electron chi connectivity index (χ2n) is 4.18.